The quantitative estimate of drug-likeness (QED) is 0.768. The number of halogens is 3. The third-order valence-corrected chi connectivity index (χ3v) is 2.63. The van der Waals surface area contributed by atoms with Crippen LogP contribution in [0.15, 0.2) is 41.1 Å². The highest BCUT2D eigenvalue weighted by Crippen LogP contribution is 2.27. The summed E-state index contributed by atoms with van der Waals surface area (Å²) in [6.07, 6.45) is 3.21. The van der Waals surface area contributed by atoms with Gasteiger partial charge in [-0.2, -0.15) is 0 Å². The van der Waals surface area contributed by atoms with E-state index in [1.165, 1.54) is 6.07 Å². The van der Waals surface area contributed by atoms with Crippen molar-refractivity contribution >= 4 is 15.9 Å². The normalized spacial score (nSPS) is 10.3. The Hall–Kier alpha value is -1.29. The minimum absolute atomic E-state index is 0.614. The average Bonchev–Trinajstić information content (AvgIpc) is 2.23. The van der Waals surface area contributed by atoms with E-state index in [0.29, 0.717) is 5.56 Å². The van der Waals surface area contributed by atoms with Crippen molar-refractivity contribution in [2.24, 2.45) is 0 Å². The van der Waals surface area contributed by atoms with Gasteiger partial charge in [-0.3, -0.25) is 4.98 Å². The molecule has 15 heavy (non-hydrogen) atoms. The monoisotopic (exact) mass is 269 g/mol. The number of aromatic nitrogens is 1. The van der Waals surface area contributed by atoms with Crippen molar-refractivity contribution in [2.45, 2.75) is 0 Å². The van der Waals surface area contributed by atoms with Gasteiger partial charge in [-0.05, 0) is 45.3 Å². The Bertz CT molecular complexity index is 500. The molecule has 0 amide bonds. The first-order valence-electron chi connectivity index (χ1n) is 4.23. The molecule has 0 unspecified atom stereocenters. The van der Waals surface area contributed by atoms with Crippen LogP contribution in [0, 0.1) is 11.6 Å². The van der Waals surface area contributed by atoms with Gasteiger partial charge in [0.1, 0.15) is 0 Å². The smallest absolute Gasteiger partial charge is 0.159 e. The zero-order chi connectivity index (χ0) is 10.8. The first-order valence-corrected chi connectivity index (χ1v) is 5.03. The molecule has 0 atom stereocenters. The third-order valence-electron chi connectivity index (χ3n) is 2.00. The summed E-state index contributed by atoms with van der Waals surface area (Å²) < 4.78 is 26.5. The van der Waals surface area contributed by atoms with Gasteiger partial charge >= 0.3 is 0 Å². The van der Waals surface area contributed by atoms with E-state index in [-0.39, 0.29) is 0 Å². The molecule has 2 aromatic rings. The van der Waals surface area contributed by atoms with Crippen LogP contribution in [-0.4, -0.2) is 4.98 Å². The minimum Gasteiger partial charge on any atom is -0.264 e. The van der Waals surface area contributed by atoms with Crippen molar-refractivity contribution in [1.29, 1.82) is 0 Å². The number of hydrogen-bond donors (Lipinski definition) is 0. The number of benzene rings is 1. The summed E-state index contributed by atoms with van der Waals surface area (Å²) in [5.41, 5.74) is 1.40. The fourth-order valence-electron chi connectivity index (χ4n) is 1.27. The maximum Gasteiger partial charge on any atom is 0.159 e. The fraction of sp³-hybridized carbons (Fsp3) is 0. The van der Waals surface area contributed by atoms with E-state index in [9.17, 15) is 8.78 Å². The molecule has 4 heteroatoms. The van der Waals surface area contributed by atoms with Crippen molar-refractivity contribution in [3.63, 3.8) is 0 Å². The van der Waals surface area contributed by atoms with Gasteiger partial charge in [0.05, 0.1) is 0 Å². The van der Waals surface area contributed by atoms with Crippen LogP contribution in [0.2, 0.25) is 0 Å². The van der Waals surface area contributed by atoms with Crippen LogP contribution in [-0.2, 0) is 0 Å². The number of pyridine rings is 1. The van der Waals surface area contributed by atoms with Crippen LogP contribution in [0.5, 0.6) is 0 Å². The van der Waals surface area contributed by atoms with Gasteiger partial charge in [-0.1, -0.05) is 6.07 Å². The molecule has 1 aromatic carbocycles. The Kier molecular flexibility index (Phi) is 2.77. The lowest BCUT2D eigenvalue weighted by Crippen LogP contribution is -1.86. The van der Waals surface area contributed by atoms with Gasteiger partial charge in [-0.15, -0.1) is 0 Å². The molecule has 1 heterocycles. The number of rotatable bonds is 1. The Morgan fingerprint density at radius 2 is 1.87 bits per heavy atom. The molecule has 0 aliphatic carbocycles. The predicted molar refractivity (Wildman–Crippen MR) is 57.3 cm³/mol. The summed E-state index contributed by atoms with van der Waals surface area (Å²) in [6.45, 7) is 0. The van der Waals surface area contributed by atoms with Crippen LogP contribution < -0.4 is 0 Å². The zero-order valence-electron chi connectivity index (χ0n) is 7.55. The van der Waals surface area contributed by atoms with Gasteiger partial charge in [-0.25, -0.2) is 8.78 Å². The fourth-order valence-corrected chi connectivity index (χ4v) is 1.75. The Labute approximate surface area is 93.9 Å². The Balaban J connectivity index is 2.55. The highest BCUT2D eigenvalue weighted by atomic mass is 79.9. The molecule has 1 nitrogen and oxygen atoms in total. The summed E-state index contributed by atoms with van der Waals surface area (Å²) in [4.78, 5) is 3.90. The minimum atomic E-state index is -0.851. The second-order valence-electron chi connectivity index (χ2n) is 2.98. The lowest BCUT2D eigenvalue weighted by Gasteiger charge is -2.04. The predicted octanol–water partition coefficient (Wildman–Crippen LogP) is 3.79. The molecule has 0 bridgehead atoms. The van der Waals surface area contributed by atoms with Crippen LogP contribution in [0.25, 0.3) is 11.1 Å². The summed E-state index contributed by atoms with van der Waals surface area (Å²) >= 11 is 3.30. The van der Waals surface area contributed by atoms with E-state index in [2.05, 4.69) is 20.9 Å². The summed E-state index contributed by atoms with van der Waals surface area (Å²) in [6, 6.07) is 5.53. The number of nitrogens with zero attached hydrogens (tertiary/aromatic N) is 1. The van der Waals surface area contributed by atoms with Gasteiger partial charge in [0.25, 0.3) is 0 Å². The topological polar surface area (TPSA) is 12.9 Å². The van der Waals surface area contributed by atoms with E-state index in [4.69, 9.17) is 0 Å². The highest BCUT2D eigenvalue weighted by molar-refractivity contribution is 9.10. The second-order valence-corrected chi connectivity index (χ2v) is 3.84. The van der Waals surface area contributed by atoms with Gasteiger partial charge < -0.3 is 0 Å². The van der Waals surface area contributed by atoms with E-state index in [1.807, 2.05) is 0 Å². The van der Waals surface area contributed by atoms with Crippen LogP contribution in [0.1, 0.15) is 0 Å². The number of hydrogen-bond acceptors (Lipinski definition) is 1. The molecular formula is C11H6BrF2N. The van der Waals surface area contributed by atoms with Crippen molar-refractivity contribution in [2.75, 3.05) is 0 Å². The van der Waals surface area contributed by atoms with E-state index in [0.717, 1.165) is 22.2 Å². The van der Waals surface area contributed by atoms with Crippen LogP contribution >= 0.6 is 15.9 Å². The molecule has 1 aromatic heterocycles. The van der Waals surface area contributed by atoms with Gasteiger partial charge in [0, 0.05) is 16.9 Å². The molecule has 0 spiro atoms. The highest BCUT2D eigenvalue weighted by Gasteiger charge is 2.06. The third kappa shape index (κ3) is 2.04. The summed E-state index contributed by atoms with van der Waals surface area (Å²) in [7, 11) is 0. The summed E-state index contributed by atoms with van der Waals surface area (Å²) in [5, 5.41) is 0. The SMILES string of the molecule is Fc1ccc(-c2ccncc2Br)cc1F. The largest absolute Gasteiger partial charge is 0.264 e. The van der Waals surface area contributed by atoms with Crippen LogP contribution in [0.3, 0.4) is 0 Å². The molecule has 0 saturated heterocycles. The molecular weight excluding hydrogens is 264 g/mol. The molecule has 0 fully saturated rings. The van der Waals surface area contributed by atoms with Crippen molar-refractivity contribution in [1.82, 2.24) is 4.98 Å². The molecule has 76 valence electrons. The van der Waals surface area contributed by atoms with Gasteiger partial charge in [0.2, 0.25) is 0 Å². The molecule has 0 saturated carbocycles. The molecule has 0 N–H and O–H groups in total. The molecule has 0 radical (unpaired) electrons. The van der Waals surface area contributed by atoms with Crippen molar-refractivity contribution in [3.8, 4) is 11.1 Å². The average molecular weight is 270 g/mol. The van der Waals surface area contributed by atoms with Crippen molar-refractivity contribution < 1.29 is 8.78 Å². The standard InChI is InChI=1S/C11H6BrF2N/c12-9-6-15-4-3-8(9)7-1-2-10(13)11(14)5-7/h1-6H. The molecule has 0 aliphatic heterocycles. The lowest BCUT2D eigenvalue weighted by atomic mass is 10.1. The zero-order valence-corrected chi connectivity index (χ0v) is 9.13. The van der Waals surface area contributed by atoms with E-state index >= 15 is 0 Å². The van der Waals surface area contributed by atoms with Crippen LogP contribution in [0.4, 0.5) is 8.78 Å². The Morgan fingerprint density at radius 3 is 2.53 bits per heavy atom. The first-order chi connectivity index (χ1) is 7.18. The lowest BCUT2D eigenvalue weighted by molar-refractivity contribution is 0.509. The first kappa shape index (κ1) is 10.2. The second kappa shape index (κ2) is 4.06. The summed E-state index contributed by atoms with van der Waals surface area (Å²) in [5.74, 6) is -1.69. The van der Waals surface area contributed by atoms with Crippen molar-refractivity contribution in [3.05, 3.63) is 52.8 Å². The Morgan fingerprint density at radius 1 is 1.07 bits per heavy atom. The van der Waals surface area contributed by atoms with Gasteiger partial charge in [0.15, 0.2) is 11.6 Å². The maximum atomic E-state index is 13.0. The maximum absolute atomic E-state index is 13.0. The van der Waals surface area contributed by atoms with E-state index in [1.54, 1.807) is 18.5 Å². The molecule has 2 rings (SSSR count). The van der Waals surface area contributed by atoms with E-state index < -0.39 is 11.6 Å². The molecule has 0 aliphatic rings.